The Labute approximate surface area is 149 Å². The van der Waals surface area contributed by atoms with Crippen LogP contribution in [0.15, 0.2) is 47.3 Å². The van der Waals surface area contributed by atoms with Gasteiger partial charge in [0.2, 0.25) is 0 Å². The number of fused-ring (bicyclic) bond motifs is 2. The number of aromatic nitrogens is 2. The lowest BCUT2D eigenvalue weighted by Gasteiger charge is -2.28. The average Bonchev–Trinajstić information content (AvgIpc) is 2.61. The molecule has 0 fully saturated rings. The summed E-state index contributed by atoms with van der Waals surface area (Å²) in [7, 11) is 0. The zero-order chi connectivity index (χ0) is 17.6. The first kappa shape index (κ1) is 15.8. The number of aryl methyl sites for hydroxylation is 1. The molecule has 0 saturated carbocycles. The highest BCUT2D eigenvalue weighted by molar-refractivity contribution is 6.30. The molecule has 126 valence electrons. The van der Waals surface area contributed by atoms with Crippen LogP contribution in [0.4, 0.5) is 0 Å². The Hall–Kier alpha value is -2.66. The van der Waals surface area contributed by atoms with E-state index in [0.29, 0.717) is 34.8 Å². The van der Waals surface area contributed by atoms with Crippen LogP contribution in [0.5, 0.6) is 0 Å². The van der Waals surface area contributed by atoms with E-state index < -0.39 is 0 Å². The lowest BCUT2D eigenvalue weighted by molar-refractivity contribution is 0.0732. The fourth-order valence-corrected chi connectivity index (χ4v) is 3.46. The van der Waals surface area contributed by atoms with E-state index >= 15 is 0 Å². The molecule has 1 aliphatic heterocycles. The monoisotopic (exact) mass is 353 g/mol. The molecule has 0 N–H and O–H groups in total. The first-order valence-corrected chi connectivity index (χ1v) is 8.47. The maximum absolute atomic E-state index is 12.9. The van der Waals surface area contributed by atoms with Crippen LogP contribution >= 0.6 is 11.6 Å². The van der Waals surface area contributed by atoms with Gasteiger partial charge in [-0.25, -0.2) is 4.98 Å². The second-order valence-corrected chi connectivity index (χ2v) is 6.63. The summed E-state index contributed by atoms with van der Waals surface area (Å²) in [5, 5.41) is 0.520. The summed E-state index contributed by atoms with van der Waals surface area (Å²) < 4.78 is 1.60. The number of carbonyl (C=O) groups excluding carboxylic acids is 1. The van der Waals surface area contributed by atoms with Gasteiger partial charge in [-0.3, -0.25) is 14.0 Å². The fourth-order valence-electron chi connectivity index (χ4n) is 3.27. The Morgan fingerprint density at radius 2 is 2.00 bits per heavy atom. The molecule has 5 nitrogen and oxygen atoms in total. The highest BCUT2D eigenvalue weighted by atomic mass is 35.5. The Morgan fingerprint density at radius 3 is 2.80 bits per heavy atom. The summed E-state index contributed by atoms with van der Waals surface area (Å²) in [6.07, 6.45) is 0.571. The van der Waals surface area contributed by atoms with Gasteiger partial charge in [0.1, 0.15) is 5.65 Å². The quantitative estimate of drug-likeness (QED) is 0.676. The molecule has 0 aliphatic carbocycles. The minimum absolute atomic E-state index is 0.0957. The number of amides is 1. The molecular weight excluding hydrogens is 338 g/mol. The Morgan fingerprint density at radius 1 is 1.20 bits per heavy atom. The minimum atomic E-state index is -0.123. The summed E-state index contributed by atoms with van der Waals surface area (Å²) in [5.74, 6) is -0.123. The fraction of sp³-hybridized carbons (Fsp3) is 0.211. The van der Waals surface area contributed by atoms with Crippen LogP contribution in [0.1, 0.15) is 27.3 Å². The molecule has 0 saturated heterocycles. The molecule has 0 unspecified atom stereocenters. The third-order valence-electron chi connectivity index (χ3n) is 4.55. The molecule has 1 aliphatic rings. The maximum atomic E-state index is 12.9. The maximum Gasteiger partial charge on any atom is 0.263 e. The van der Waals surface area contributed by atoms with Gasteiger partial charge in [0.25, 0.3) is 11.5 Å². The molecule has 3 heterocycles. The average molecular weight is 354 g/mol. The zero-order valence-electron chi connectivity index (χ0n) is 13.7. The van der Waals surface area contributed by atoms with E-state index in [2.05, 4.69) is 4.98 Å². The van der Waals surface area contributed by atoms with Crippen molar-refractivity contribution in [3.05, 3.63) is 80.4 Å². The molecule has 0 radical (unpaired) electrons. The van der Waals surface area contributed by atoms with Crippen molar-refractivity contribution < 1.29 is 4.79 Å². The largest absolute Gasteiger partial charge is 0.334 e. The molecule has 25 heavy (non-hydrogen) atoms. The summed E-state index contributed by atoms with van der Waals surface area (Å²) in [5.41, 5.74) is 3.29. The number of carbonyl (C=O) groups is 1. The van der Waals surface area contributed by atoms with Gasteiger partial charge in [0.15, 0.2) is 0 Å². The van der Waals surface area contributed by atoms with E-state index in [0.717, 1.165) is 11.4 Å². The molecule has 3 aromatic rings. The van der Waals surface area contributed by atoms with E-state index in [-0.39, 0.29) is 18.0 Å². The molecule has 0 atom stereocenters. The topological polar surface area (TPSA) is 54.7 Å². The Bertz CT molecular complexity index is 1060. The summed E-state index contributed by atoms with van der Waals surface area (Å²) in [6.45, 7) is 2.68. The lowest BCUT2D eigenvalue weighted by atomic mass is 10.1. The predicted octanol–water partition coefficient (Wildman–Crippen LogP) is 2.85. The highest BCUT2D eigenvalue weighted by Crippen LogP contribution is 2.19. The molecule has 0 bridgehead atoms. The van der Waals surface area contributed by atoms with Crippen LogP contribution in [0, 0.1) is 6.92 Å². The first-order valence-electron chi connectivity index (χ1n) is 8.09. The molecule has 6 heteroatoms. The number of halogens is 1. The molecule has 4 rings (SSSR count). The van der Waals surface area contributed by atoms with Crippen molar-refractivity contribution in [2.24, 2.45) is 0 Å². The van der Waals surface area contributed by atoms with Crippen molar-refractivity contribution in [1.82, 2.24) is 14.3 Å². The van der Waals surface area contributed by atoms with Crippen LogP contribution in [0.2, 0.25) is 5.02 Å². The van der Waals surface area contributed by atoms with E-state index in [1.807, 2.05) is 25.1 Å². The van der Waals surface area contributed by atoms with Gasteiger partial charge in [0.05, 0.1) is 17.8 Å². The van der Waals surface area contributed by atoms with Gasteiger partial charge in [-0.1, -0.05) is 23.7 Å². The third kappa shape index (κ3) is 2.70. The van der Waals surface area contributed by atoms with Crippen molar-refractivity contribution in [1.29, 1.82) is 0 Å². The van der Waals surface area contributed by atoms with Crippen LogP contribution in [-0.4, -0.2) is 26.7 Å². The minimum Gasteiger partial charge on any atom is -0.334 e. The second-order valence-electron chi connectivity index (χ2n) is 6.19. The zero-order valence-corrected chi connectivity index (χ0v) is 14.5. The second kappa shape index (κ2) is 6.01. The highest BCUT2D eigenvalue weighted by Gasteiger charge is 2.26. The van der Waals surface area contributed by atoms with Crippen LogP contribution < -0.4 is 5.56 Å². The number of rotatable bonds is 1. The SMILES string of the molecule is Cc1cccc2nc3c(c(=O)n12)CN(C(=O)c1cccc(Cl)c1)CC3. The molecule has 2 aromatic heterocycles. The van der Waals surface area contributed by atoms with Gasteiger partial charge in [0, 0.05) is 29.2 Å². The van der Waals surface area contributed by atoms with Crippen molar-refractivity contribution in [3.63, 3.8) is 0 Å². The number of nitrogens with zero attached hydrogens (tertiary/aromatic N) is 3. The normalized spacial score (nSPS) is 13.8. The van der Waals surface area contributed by atoms with Crippen LogP contribution in [0.3, 0.4) is 0 Å². The third-order valence-corrected chi connectivity index (χ3v) is 4.79. The number of hydrogen-bond donors (Lipinski definition) is 0. The number of benzene rings is 1. The van der Waals surface area contributed by atoms with Gasteiger partial charge < -0.3 is 4.90 Å². The molecule has 0 spiro atoms. The van der Waals surface area contributed by atoms with E-state index in [9.17, 15) is 9.59 Å². The van der Waals surface area contributed by atoms with E-state index in [4.69, 9.17) is 11.6 Å². The summed E-state index contributed by atoms with van der Waals surface area (Å²) in [6, 6.07) is 12.5. The van der Waals surface area contributed by atoms with Gasteiger partial charge in [-0.05, 0) is 37.3 Å². The number of hydrogen-bond acceptors (Lipinski definition) is 3. The van der Waals surface area contributed by atoms with Crippen molar-refractivity contribution in [2.75, 3.05) is 6.54 Å². The van der Waals surface area contributed by atoms with Crippen LogP contribution in [-0.2, 0) is 13.0 Å². The van der Waals surface area contributed by atoms with E-state index in [1.165, 1.54) is 0 Å². The van der Waals surface area contributed by atoms with Gasteiger partial charge in [-0.2, -0.15) is 0 Å². The summed E-state index contributed by atoms with van der Waals surface area (Å²) in [4.78, 5) is 32.0. The lowest BCUT2D eigenvalue weighted by Crippen LogP contribution is -2.40. The van der Waals surface area contributed by atoms with Gasteiger partial charge in [-0.15, -0.1) is 0 Å². The Balaban J connectivity index is 1.75. The Kier molecular flexibility index (Phi) is 3.81. The van der Waals surface area contributed by atoms with Gasteiger partial charge >= 0.3 is 0 Å². The van der Waals surface area contributed by atoms with Crippen molar-refractivity contribution in [3.8, 4) is 0 Å². The molecule has 1 aromatic carbocycles. The summed E-state index contributed by atoms with van der Waals surface area (Å²) >= 11 is 5.98. The smallest absolute Gasteiger partial charge is 0.263 e. The predicted molar refractivity (Wildman–Crippen MR) is 96.1 cm³/mol. The van der Waals surface area contributed by atoms with Crippen molar-refractivity contribution in [2.45, 2.75) is 19.9 Å². The van der Waals surface area contributed by atoms with Crippen molar-refractivity contribution >= 4 is 23.2 Å². The standard InChI is InChI=1S/C19H16ClN3O2/c1-12-4-2-7-17-21-16-8-9-22(11-15(16)19(25)23(12)17)18(24)13-5-3-6-14(20)10-13/h2-7,10H,8-9,11H2,1H3. The first-order chi connectivity index (χ1) is 12.0. The molecular formula is C19H16ClN3O2. The number of pyridine rings is 1. The molecule has 1 amide bonds. The van der Waals surface area contributed by atoms with Crippen LogP contribution in [0.25, 0.3) is 5.65 Å². The van der Waals surface area contributed by atoms with E-state index in [1.54, 1.807) is 33.6 Å².